The first-order chi connectivity index (χ1) is 14.9. The Morgan fingerprint density at radius 3 is 2.39 bits per heavy atom. The van der Waals surface area contributed by atoms with Crippen LogP contribution in [0.2, 0.25) is 5.02 Å². The summed E-state index contributed by atoms with van der Waals surface area (Å²) in [6.07, 6.45) is 1.58. The van der Waals surface area contributed by atoms with Crippen molar-refractivity contribution in [2.24, 2.45) is 5.73 Å². The molecule has 0 spiro atoms. The third-order valence-corrected chi connectivity index (χ3v) is 4.84. The van der Waals surface area contributed by atoms with Crippen molar-refractivity contribution in [3.05, 3.63) is 95.1 Å². The van der Waals surface area contributed by atoms with Crippen molar-refractivity contribution in [3.63, 3.8) is 0 Å². The van der Waals surface area contributed by atoms with Gasteiger partial charge in [0.15, 0.2) is 5.82 Å². The minimum Gasteiger partial charge on any atom is -0.366 e. The molecule has 1 amide bonds. The second kappa shape index (κ2) is 8.49. The number of hydrogen-bond donors (Lipinski definition) is 2. The van der Waals surface area contributed by atoms with Crippen LogP contribution in [0.25, 0.3) is 22.5 Å². The van der Waals surface area contributed by atoms with Crippen LogP contribution in [0.5, 0.6) is 0 Å². The number of carbonyl (C=O) groups is 1. The predicted molar refractivity (Wildman–Crippen MR) is 116 cm³/mol. The highest BCUT2D eigenvalue weighted by Crippen LogP contribution is 2.31. The number of carbonyl (C=O) groups excluding carboxylic acids is 1. The zero-order valence-corrected chi connectivity index (χ0v) is 16.7. The maximum atomic E-state index is 13.6. The highest BCUT2D eigenvalue weighted by Gasteiger charge is 2.13. The van der Waals surface area contributed by atoms with Gasteiger partial charge in [-0.1, -0.05) is 17.7 Å². The van der Waals surface area contributed by atoms with E-state index in [4.69, 9.17) is 17.3 Å². The van der Waals surface area contributed by atoms with E-state index in [1.807, 2.05) is 0 Å². The Balaban J connectivity index is 1.69. The molecule has 0 unspecified atom stereocenters. The van der Waals surface area contributed by atoms with Crippen LogP contribution in [0.4, 0.5) is 20.3 Å². The van der Waals surface area contributed by atoms with Gasteiger partial charge in [0.25, 0.3) is 0 Å². The summed E-state index contributed by atoms with van der Waals surface area (Å²) < 4.78 is 26.7. The van der Waals surface area contributed by atoms with Crippen LogP contribution in [-0.4, -0.2) is 15.9 Å². The molecule has 0 atom stereocenters. The second-order valence-electron chi connectivity index (χ2n) is 6.65. The van der Waals surface area contributed by atoms with Crippen LogP contribution in [0, 0.1) is 11.6 Å². The molecular formula is C23H15ClF2N4O. The van der Waals surface area contributed by atoms with Crippen molar-refractivity contribution >= 4 is 29.0 Å². The number of nitrogens with zero attached hydrogens (tertiary/aromatic N) is 2. The average Bonchev–Trinajstić information content (AvgIpc) is 2.76. The van der Waals surface area contributed by atoms with Crippen molar-refractivity contribution in [2.45, 2.75) is 0 Å². The molecule has 0 aliphatic carbocycles. The Morgan fingerprint density at radius 1 is 0.935 bits per heavy atom. The number of amides is 1. The highest BCUT2D eigenvalue weighted by molar-refractivity contribution is 6.31. The molecular weight excluding hydrogens is 422 g/mol. The zero-order chi connectivity index (χ0) is 22.0. The topological polar surface area (TPSA) is 80.9 Å². The number of hydrogen-bond acceptors (Lipinski definition) is 4. The molecule has 3 aromatic carbocycles. The van der Waals surface area contributed by atoms with Crippen molar-refractivity contribution in [1.29, 1.82) is 0 Å². The summed E-state index contributed by atoms with van der Waals surface area (Å²) >= 11 is 5.90. The fraction of sp³-hybridized carbons (Fsp3) is 0. The molecule has 0 fully saturated rings. The van der Waals surface area contributed by atoms with Gasteiger partial charge < -0.3 is 11.1 Å². The molecule has 31 heavy (non-hydrogen) atoms. The van der Waals surface area contributed by atoms with E-state index in [1.165, 1.54) is 30.3 Å². The van der Waals surface area contributed by atoms with E-state index in [0.29, 0.717) is 34.0 Å². The Labute approximate surface area is 181 Å². The number of anilines is 2. The van der Waals surface area contributed by atoms with E-state index in [1.54, 1.807) is 42.6 Å². The van der Waals surface area contributed by atoms with Gasteiger partial charge in [-0.05, 0) is 71.8 Å². The first-order valence-electron chi connectivity index (χ1n) is 9.16. The smallest absolute Gasteiger partial charge is 0.249 e. The first-order valence-corrected chi connectivity index (χ1v) is 9.54. The van der Waals surface area contributed by atoms with Gasteiger partial charge in [0.1, 0.15) is 17.5 Å². The Kier molecular flexibility index (Phi) is 5.60. The molecule has 3 N–H and O–H groups in total. The third kappa shape index (κ3) is 4.51. The average molecular weight is 437 g/mol. The Morgan fingerprint density at radius 2 is 1.68 bits per heavy atom. The largest absolute Gasteiger partial charge is 0.366 e. The van der Waals surface area contributed by atoms with Gasteiger partial charge in [0.05, 0.1) is 5.02 Å². The molecule has 4 rings (SSSR count). The molecule has 0 radical (unpaired) electrons. The molecule has 154 valence electrons. The molecule has 5 nitrogen and oxygen atoms in total. The van der Waals surface area contributed by atoms with Crippen molar-refractivity contribution in [2.75, 3.05) is 5.32 Å². The van der Waals surface area contributed by atoms with Crippen LogP contribution >= 0.6 is 11.6 Å². The van der Waals surface area contributed by atoms with E-state index in [-0.39, 0.29) is 16.4 Å². The molecule has 4 aromatic rings. The zero-order valence-electron chi connectivity index (χ0n) is 15.9. The molecule has 1 heterocycles. The SMILES string of the molecule is NC(=O)c1ccc(Nc2ccnc(-c3ccc(F)cc3)n2)cc1-c1ccc(F)c(Cl)c1. The third-order valence-electron chi connectivity index (χ3n) is 4.55. The Hall–Kier alpha value is -3.84. The van der Waals surface area contributed by atoms with E-state index in [9.17, 15) is 13.6 Å². The quantitative estimate of drug-likeness (QED) is 0.427. The van der Waals surface area contributed by atoms with Crippen LogP contribution in [-0.2, 0) is 0 Å². The Bertz CT molecular complexity index is 1280. The van der Waals surface area contributed by atoms with Gasteiger partial charge in [-0.15, -0.1) is 0 Å². The van der Waals surface area contributed by atoms with Gasteiger partial charge in [-0.2, -0.15) is 0 Å². The molecule has 0 bridgehead atoms. The summed E-state index contributed by atoms with van der Waals surface area (Å²) in [6, 6.07) is 16.6. The number of nitrogens with two attached hydrogens (primary N) is 1. The van der Waals surface area contributed by atoms with Crippen molar-refractivity contribution < 1.29 is 13.6 Å². The summed E-state index contributed by atoms with van der Waals surface area (Å²) in [4.78, 5) is 20.6. The van der Waals surface area contributed by atoms with E-state index < -0.39 is 11.7 Å². The monoisotopic (exact) mass is 436 g/mol. The number of primary amides is 1. The fourth-order valence-electron chi connectivity index (χ4n) is 3.05. The van der Waals surface area contributed by atoms with Gasteiger partial charge in [0.2, 0.25) is 5.91 Å². The lowest BCUT2D eigenvalue weighted by atomic mass is 9.98. The number of halogens is 3. The minimum atomic E-state index is -0.623. The molecule has 0 aliphatic rings. The molecule has 1 aromatic heterocycles. The first kappa shape index (κ1) is 20.4. The second-order valence-corrected chi connectivity index (χ2v) is 7.06. The van der Waals surface area contributed by atoms with Crippen molar-refractivity contribution in [3.8, 4) is 22.5 Å². The van der Waals surface area contributed by atoms with E-state index >= 15 is 0 Å². The summed E-state index contributed by atoms with van der Waals surface area (Å²) in [5.41, 5.74) is 8.08. The van der Waals surface area contributed by atoms with Gasteiger partial charge in [-0.3, -0.25) is 4.79 Å². The number of rotatable bonds is 5. The molecule has 0 saturated carbocycles. The summed E-state index contributed by atoms with van der Waals surface area (Å²) in [5, 5.41) is 3.08. The number of benzene rings is 3. The summed E-state index contributed by atoms with van der Waals surface area (Å²) in [7, 11) is 0. The number of aromatic nitrogens is 2. The highest BCUT2D eigenvalue weighted by atomic mass is 35.5. The van der Waals surface area contributed by atoms with Gasteiger partial charge in [-0.25, -0.2) is 18.7 Å². The predicted octanol–water partition coefficient (Wildman–Crippen LogP) is 5.58. The standard InChI is InChI=1S/C23H15ClF2N4O/c24-19-11-14(3-8-20(19)26)18-12-16(6-7-17(18)22(27)31)29-21-9-10-28-23(30-21)13-1-4-15(25)5-2-13/h1-12H,(H2,27,31)(H,28,29,30). The summed E-state index contributed by atoms with van der Waals surface area (Å²) in [6.45, 7) is 0. The lowest BCUT2D eigenvalue weighted by Crippen LogP contribution is -2.12. The fourth-order valence-corrected chi connectivity index (χ4v) is 3.23. The molecule has 0 aliphatic heterocycles. The van der Waals surface area contributed by atoms with Gasteiger partial charge >= 0.3 is 0 Å². The van der Waals surface area contributed by atoms with Gasteiger partial charge in [0, 0.05) is 23.0 Å². The van der Waals surface area contributed by atoms with Crippen LogP contribution < -0.4 is 11.1 Å². The number of nitrogens with one attached hydrogen (secondary N) is 1. The lowest BCUT2D eigenvalue weighted by molar-refractivity contribution is 0.100. The maximum absolute atomic E-state index is 13.6. The summed E-state index contributed by atoms with van der Waals surface area (Å²) in [5.74, 6) is -0.619. The van der Waals surface area contributed by atoms with E-state index in [0.717, 1.165) is 0 Å². The maximum Gasteiger partial charge on any atom is 0.249 e. The lowest BCUT2D eigenvalue weighted by Gasteiger charge is -2.12. The molecule has 8 heteroatoms. The van der Waals surface area contributed by atoms with Crippen LogP contribution in [0.3, 0.4) is 0 Å². The van der Waals surface area contributed by atoms with Crippen molar-refractivity contribution in [1.82, 2.24) is 9.97 Å². The van der Waals surface area contributed by atoms with Crippen LogP contribution in [0.1, 0.15) is 10.4 Å². The molecule has 0 saturated heterocycles. The van der Waals surface area contributed by atoms with Crippen LogP contribution in [0.15, 0.2) is 72.9 Å². The van der Waals surface area contributed by atoms with E-state index in [2.05, 4.69) is 15.3 Å². The normalized spacial score (nSPS) is 10.7. The minimum absolute atomic E-state index is 0.0639.